The highest BCUT2D eigenvalue weighted by molar-refractivity contribution is 7.91. The minimum absolute atomic E-state index is 0.0570. The van der Waals surface area contributed by atoms with Crippen molar-refractivity contribution in [1.29, 1.82) is 0 Å². The lowest BCUT2D eigenvalue weighted by Gasteiger charge is -2.04. The van der Waals surface area contributed by atoms with E-state index < -0.39 is 32.3 Å². The zero-order chi connectivity index (χ0) is 16.1. The predicted octanol–water partition coefficient (Wildman–Crippen LogP) is 1.93. The lowest BCUT2D eigenvalue weighted by atomic mass is 10.3. The molecular formula is C12H18N2O5S2. The molecule has 0 aromatic heterocycles. The predicted molar refractivity (Wildman–Crippen MR) is 78.9 cm³/mol. The van der Waals surface area contributed by atoms with Crippen LogP contribution < -0.4 is 0 Å². The lowest BCUT2D eigenvalue weighted by Crippen LogP contribution is -2.15. The monoisotopic (exact) mass is 334 g/mol. The number of hydrogen-bond donors (Lipinski definition) is 0. The van der Waals surface area contributed by atoms with Gasteiger partial charge in [0.05, 0.1) is 35.2 Å². The van der Waals surface area contributed by atoms with Gasteiger partial charge < -0.3 is 0 Å². The molecule has 0 aliphatic carbocycles. The molecule has 0 bridgehead atoms. The van der Waals surface area contributed by atoms with Crippen LogP contribution in [0.2, 0.25) is 0 Å². The maximum absolute atomic E-state index is 12.0. The van der Waals surface area contributed by atoms with E-state index in [1.807, 2.05) is 13.8 Å². The van der Waals surface area contributed by atoms with Gasteiger partial charge in [-0.05, 0) is 38.1 Å². The number of benzene rings is 1. The smallest absolute Gasteiger partial charge is 0.264 e. The molecular weight excluding hydrogens is 316 g/mol. The van der Waals surface area contributed by atoms with Crippen LogP contribution in [0.15, 0.2) is 39.4 Å². The summed E-state index contributed by atoms with van der Waals surface area (Å²) >= 11 is 0. The van der Waals surface area contributed by atoms with Crippen molar-refractivity contribution in [3.05, 3.63) is 24.3 Å². The third-order valence-electron chi connectivity index (χ3n) is 2.25. The Bertz CT molecular complexity index is 692. The molecule has 21 heavy (non-hydrogen) atoms. The average Bonchev–Trinajstić information content (AvgIpc) is 2.35. The van der Waals surface area contributed by atoms with Gasteiger partial charge in [-0.25, -0.2) is 8.42 Å². The molecule has 0 atom stereocenters. The van der Waals surface area contributed by atoms with Crippen molar-refractivity contribution in [3.8, 4) is 0 Å². The molecule has 0 fully saturated rings. The van der Waals surface area contributed by atoms with E-state index in [2.05, 4.69) is 14.4 Å². The number of azo groups is 1. The standard InChI is InChI=1S/C12H18N2O5S2/c1-10(2)13-14-11-4-6-12(7-5-11)21(17,18)9-8-19-20(3,15)16/h4-7,10H,8-9H2,1-3H3/b14-13+. The molecule has 118 valence electrons. The first-order valence-corrected chi connectivity index (χ1v) is 9.65. The fourth-order valence-electron chi connectivity index (χ4n) is 1.32. The first kappa shape index (κ1) is 17.7. The number of rotatable bonds is 7. The summed E-state index contributed by atoms with van der Waals surface area (Å²) in [5.74, 6) is -0.410. The van der Waals surface area contributed by atoms with Crippen LogP contribution in [-0.2, 0) is 24.1 Å². The van der Waals surface area contributed by atoms with Crippen LogP contribution in [0.5, 0.6) is 0 Å². The highest BCUT2D eigenvalue weighted by Crippen LogP contribution is 2.18. The Kier molecular flexibility index (Phi) is 5.99. The van der Waals surface area contributed by atoms with Gasteiger partial charge in [0.15, 0.2) is 9.84 Å². The van der Waals surface area contributed by atoms with Crippen LogP contribution in [0.4, 0.5) is 5.69 Å². The molecule has 1 aromatic carbocycles. The first-order valence-electron chi connectivity index (χ1n) is 6.18. The molecule has 0 aliphatic rings. The SMILES string of the molecule is CC(C)/N=N/c1ccc(S(=O)(=O)CCOS(C)(=O)=O)cc1. The molecule has 0 radical (unpaired) electrons. The molecule has 0 amide bonds. The van der Waals surface area contributed by atoms with Crippen molar-refractivity contribution in [2.45, 2.75) is 24.8 Å². The van der Waals surface area contributed by atoms with E-state index in [4.69, 9.17) is 0 Å². The Morgan fingerprint density at radius 3 is 2.14 bits per heavy atom. The quantitative estimate of drug-likeness (QED) is 0.560. The van der Waals surface area contributed by atoms with E-state index in [0.29, 0.717) is 5.69 Å². The van der Waals surface area contributed by atoms with Crippen molar-refractivity contribution in [2.75, 3.05) is 18.6 Å². The molecule has 0 saturated carbocycles. The molecule has 0 unspecified atom stereocenters. The second-order valence-electron chi connectivity index (χ2n) is 4.65. The summed E-state index contributed by atoms with van der Waals surface area (Å²) in [6.07, 6.45) is 0.869. The Labute approximate surface area is 125 Å². The van der Waals surface area contributed by atoms with E-state index in [-0.39, 0.29) is 10.9 Å². The second-order valence-corrected chi connectivity index (χ2v) is 8.40. The van der Waals surface area contributed by atoms with Crippen LogP contribution >= 0.6 is 0 Å². The molecule has 0 aliphatic heterocycles. The summed E-state index contributed by atoms with van der Waals surface area (Å²) in [5.41, 5.74) is 0.551. The van der Waals surface area contributed by atoms with E-state index in [9.17, 15) is 16.8 Å². The summed E-state index contributed by atoms with van der Waals surface area (Å²) in [7, 11) is -7.24. The van der Waals surface area contributed by atoms with Gasteiger partial charge in [-0.1, -0.05) is 0 Å². The van der Waals surface area contributed by atoms with E-state index >= 15 is 0 Å². The Morgan fingerprint density at radius 1 is 1.10 bits per heavy atom. The van der Waals surface area contributed by atoms with Crippen LogP contribution in [0, 0.1) is 0 Å². The summed E-state index contributed by atoms with van der Waals surface area (Å²) in [6, 6.07) is 5.95. The second kappa shape index (κ2) is 7.10. The maximum atomic E-state index is 12.0. The maximum Gasteiger partial charge on any atom is 0.264 e. The topological polar surface area (TPSA) is 102 Å². The summed E-state index contributed by atoms with van der Waals surface area (Å²) in [6.45, 7) is 3.35. The van der Waals surface area contributed by atoms with E-state index in [0.717, 1.165) is 6.26 Å². The van der Waals surface area contributed by atoms with Gasteiger partial charge in [0, 0.05) is 0 Å². The normalized spacial score (nSPS) is 13.1. The fraction of sp³-hybridized carbons (Fsp3) is 0.500. The highest BCUT2D eigenvalue weighted by atomic mass is 32.2. The molecule has 0 heterocycles. The molecule has 1 aromatic rings. The van der Waals surface area contributed by atoms with Gasteiger partial charge in [-0.2, -0.15) is 18.6 Å². The molecule has 0 saturated heterocycles. The van der Waals surface area contributed by atoms with Crippen LogP contribution in [-0.4, -0.2) is 41.5 Å². The first-order chi connectivity index (χ1) is 9.60. The third-order valence-corrected chi connectivity index (χ3v) is 4.54. The number of nitrogens with zero attached hydrogens (tertiary/aromatic N) is 2. The zero-order valence-electron chi connectivity index (χ0n) is 12.1. The molecule has 9 heteroatoms. The van der Waals surface area contributed by atoms with Crippen molar-refractivity contribution in [1.82, 2.24) is 0 Å². The minimum Gasteiger partial charge on any atom is -0.269 e. The lowest BCUT2D eigenvalue weighted by molar-refractivity contribution is 0.343. The molecule has 0 N–H and O–H groups in total. The fourth-order valence-corrected chi connectivity index (χ4v) is 2.90. The molecule has 7 nitrogen and oxygen atoms in total. The van der Waals surface area contributed by atoms with Crippen molar-refractivity contribution >= 4 is 25.6 Å². The average molecular weight is 334 g/mol. The number of hydrogen-bond acceptors (Lipinski definition) is 7. The van der Waals surface area contributed by atoms with E-state index in [1.54, 1.807) is 0 Å². The van der Waals surface area contributed by atoms with E-state index in [1.165, 1.54) is 24.3 Å². The van der Waals surface area contributed by atoms with Crippen LogP contribution in [0.25, 0.3) is 0 Å². The van der Waals surface area contributed by atoms with Gasteiger partial charge in [-0.3, -0.25) is 4.18 Å². The largest absolute Gasteiger partial charge is 0.269 e. The summed E-state index contributed by atoms with van der Waals surface area (Å²) in [5, 5.41) is 7.90. The van der Waals surface area contributed by atoms with Crippen LogP contribution in [0.1, 0.15) is 13.8 Å². The van der Waals surface area contributed by atoms with Gasteiger partial charge in [-0.15, -0.1) is 0 Å². The van der Waals surface area contributed by atoms with Gasteiger partial charge in [0.1, 0.15) is 0 Å². The minimum atomic E-state index is -3.64. The van der Waals surface area contributed by atoms with Gasteiger partial charge in [0.25, 0.3) is 10.1 Å². The van der Waals surface area contributed by atoms with Crippen molar-refractivity contribution < 1.29 is 21.0 Å². The highest BCUT2D eigenvalue weighted by Gasteiger charge is 2.15. The van der Waals surface area contributed by atoms with Crippen molar-refractivity contribution in [2.24, 2.45) is 10.2 Å². The number of sulfone groups is 1. The van der Waals surface area contributed by atoms with Crippen LogP contribution in [0.3, 0.4) is 0 Å². The van der Waals surface area contributed by atoms with Crippen molar-refractivity contribution in [3.63, 3.8) is 0 Å². The Hall–Kier alpha value is -1.32. The Morgan fingerprint density at radius 2 is 1.67 bits per heavy atom. The third kappa shape index (κ3) is 6.78. The zero-order valence-corrected chi connectivity index (χ0v) is 13.7. The summed E-state index contributed by atoms with van der Waals surface area (Å²) < 4.78 is 49.9. The van der Waals surface area contributed by atoms with Gasteiger partial charge >= 0.3 is 0 Å². The van der Waals surface area contributed by atoms with Gasteiger partial charge in [0.2, 0.25) is 0 Å². The molecule has 1 rings (SSSR count). The Balaban J connectivity index is 2.76. The molecule has 0 spiro atoms. The summed E-state index contributed by atoms with van der Waals surface area (Å²) in [4.78, 5) is 0.0862.